The Labute approximate surface area is 84.6 Å². The number of hydrogen-bond acceptors (Lipinski definition) is 5. The van der Waals surface area contributed by atoms with Crippen molar-refractivity contribution in [2.75, 3.05) is 6.54 Å². The number of aromatic carboxylic acids is 1. The smallest absolute Gasteiger partial charge is 0.356 e. The fraction of sp³-hybridized carbons (Fsp3) is 0.375. The van der Waals surface area contributed by atoms with Crippen LogP contribution in [0, 0.1) is 0 Å². The van der Waals surface area contributed by atoms with Crippen molar-refractivity contribution in [2.45, 2.75) is 13.3 Å². The van der Waals surface area contributed by atoms with E-state index in [9.17, 15) is 9.59 Å². The number of hydrogen-bond donors (Lipinski definition) is 2. The number of carboxylic acid groups (broad SMARTS) is 1. The Kier molecular flexibility index (Phi) is 3.32. The Balaban J connectivity index is 3.12. The van der Waals surface area contributed by atoms with Gasteiger partial charge in [0.25, 0.3) is 0 Å². The molecule has 0 saturated heterocycles. The molecule has 6 heteroatoms. The van der Waals surface area contributed by atoms with Gasteiger partial charge in [0.1, 0.15) is 4.88 Å². The van der Waals surface area contributed by atoms with E-state index in [1.54, 1.807) is 0 Å². The van der Waals surface area contributed by atoms with E-state index in [4.69, 9.17) is 10.8 Å². The Morgan fingerprint density at radius 1 is 1.57 bits per heavy atom. The first-order chi connectivity index (χ1) is 6.56. The van der Waals surface area contributed by atoms with E-state index >= 15 is 0 Å². The van der Waals surface area contributed by atoms with Crippen LogP contribution in [0.2, 0.25) is 0 Å². The van der Waals surface area contributed by atoms with Gasteiger partial charge in [-0.1, -0.05) is 0 Å². The number of nitrogens with two attached hydrogens (primary N) is 1. The summed E-state index contributed by atoms with van der Waals surface area (Å²) in [6, 6.07) is 0. The van der Waals surface area contributed by atoms with Gasteiger partial charge in [0.15, 0.2) is 11.5 Å². The van der Waals surface area contributed by atoms with Crippen LogP contribution in [0.4, 0.5) is 0 Å². The van der Waals surface area contributed by atoms with Gasteiger partial charge in [0.2, 0.25) is 0 Å². The van der Waals surface area contributed by atoms with E-state index < -0.39 is 5.97 Å². The quantitative estimate of drug-likeness (QED) is 0.714. The molecule has 5 nitrogen and oxygen atoms in total. The second kappa shape index (κ2) is 4.30. The highest BCUT2D eigenvalue weighted by Crippen LogP contribution is 2.19. The first kappa shape index (κ1) is 10.8. The number of ketones is 1. The topological polar surface area (TPSA) is 93.3 Å². The van der Waals surface area contributed by atoms with Crippen LogP contribution in [-0.4, -0.2) is 28.4 Å². The van der Waals surface area contributed by atoms with Gasteiger partial charge in [-0.25, -0.2) is 9.78 Å². The highest BCUT2D eigenvalue weighted by Gasteiger charge is 2.19. The molecule has 0 unspecified atom stereocenters. The zero-order valence-corrected chi connectivity index (χ0v) is 8.43. The molecular weight excluding hydrogens is 204 g/mol. The van der Waals surface area contributed by atoms with E-state index in [0.717, 1.165) is 11.3 Å². The van der Waals surface area contributed by atoms with Crippen molar-refractivity contribution in [2.24, 2.45) is 5.73 Å². The molecule has 14 heavy (non-hydrogen) atoms. The molecule has 0 spiro atoms. The van der Waals surface area contributed by atoms with Gasteiger partial charge in [0.05, 0.1) is 5.01 Å². The first-order valence-electron chi connectivity index (χ1n) is 4.00. The fourth-order valence-electron chi connectivity index (χ4n) is 0.978. The molecule has 1 aromatic rings. The molecule has 0 aliphatic carbocycles. The van der Waals surface area contributed by atoms with E-state index in [-0.39, 0.29) is 16.4 Å². The highest BCUT2D eigenvalue weighted by molar-refractivity contribution is 7.14. The van der Waals surface area contributed by atoms with Gasteiger partial charge in [-0.05, 0) is 6.54 Å². The summed E-state index contributed by atoms with van der Waals surface area (Å²) in [5.41, 5.74) is 5.15. The molecule has 1 aromatic heterocycles. The van der Waals surface area contributed by atoms with Crippen LogP contribution in [0.25, 0.3) is 0 Å². The minimum absolute atomic E-state index is 0.161. The zero-order valence-electron chi connectivity index (χ0n) is 7.61. The number of carboxylic acids is 1. The largest absolute Gasteiger partial charge is 0.476 e. The number of Topliss-reactive ketones (excluding diaryl/α,β-unsaturated/α-hetero) is 1. The van der Waals surface area contributed by atoms with Gasteiger partial charge in [0, 0.05) is 13.3 Å². The standard InChI is InChI=1S/C8H10N2O3S/c1-4(11)7-6(8(12)13)10-5(14-7)2-3-9/h2-3,9H2,1H3,(H,12,13). The van der Waals surface area contributed by atoms with Crippen LogP contribution in [0.15, 0.2) is 0 Å². The molecule has 0 atom stereocenters. The van der Waals surface area contributed by atoms with Gasteiger partial charge < -0.3 is 10.8 Å². The molecule has 0 radical (unpaired) electrons. The van der Waals surface area contributed by atoms with Crippen molar-refractivity contribution in [3.63, 3.8) is 0 Å². The molecule has 3 N–H and O–H groups in total. The summed E-state index contributed by atoms with van der Waals surface area (Å²) in [6.07, 6.45) is 0.498. The van der Waals surface area contributed by atoms with Gasteiger partial charge in [-0.3, -0.25) is 4.79 Å². The molecule has 0 fully saturated rings. The van der Waals surface area contributed by atoms with E-state index in [1.165, 1.54) is 6.92 Å². The van der Waals surface area contributed by atoms with Crippen LogP contribution in [-0.2, 0) is 6.42 Å². The average Bonchev–Trinajstić information content (AvgIpc) is 2.49. The molecule has 0 amide bonds. The molecule has 0 aromatic carbocycles. The van der Waals surface area contributed by atoms with E-state index in [1.807, 2.05) is 0 Å². The minimum Gasteiger partial charge on any atom is -0.476 e. The van der Waals surface area contributed by atoms with Crippen LogP contribution in [0.5, 0.6) is 0 Å². The SMILES string of the molecule is CC(=O)c1sc(CCN)nc1C(=O)O. The maximum absolute atomic E-state index is 11.1. The lowest BCUT2D eigenvalue weighted by Crippen LogP contribution is -2.05. The van der Waals surface area contributed by atoms with Crippen molar-refractivity contribution in [1.82, 2.24) is 4.98 Å². The monoisotopic (exact) mass is 214 g/mol. The summed E-state index contributed by atoms with van der Waals surface area (Å²) < 4.78 is 0. The summed E-state index contributed by atoms with van der Waals surface area (Å²) in [7, 11) is 0. The fourth-order valence-corrected chi connectivity index (χ4v) is 1.94. The Bertz CT molecular complexity index is 341. The normalized spacial score (nSPS) is 10.1. The third-order valence-corrected chi connectivity index (χ3v) is 2.77. The molecule has 76 valence electrons. The second-order valence-corrected chi connectivity index (χ2v) is 3.77. The van der Waals surface area contributed by atoms with Gasteiger partial charge in [-0.2, -0.15) is 0 Å². The third kappa shape index (κ3) is 2.15. The second-order valence-electron chi connectivity index (χ2n) is 2.69. The van der Waals surface area contributed by atoms with E-state index in [2.05, 4.69) is 4.98 Å². The van der Waals surface area contributed by atoms with Crippen molar-refractivity contribution < 1.29 is 14.7 Å². The minimum atomic E-state index is -1.17. The van der Waals surface area contributed by atoms with Crippen LogP contribution in [0.3, 0.4) is 0 Å². The molecule has 0 aliphatic heterocycles. The Hall–Kier alpha value is -1.27. The summed E-state index contributed by atoms with van der Waals surface area (Å²) in [4.78, 5) is 25.8. The lowest BCUT2D eigenvalue weighted by atomic mass is 10.3. The number of nitrogens with zero attached hydrogens (tertiary/aromatic N) is 1. The number of thiazole rings is 1. The molecule has 0 saturated carbocycles. The molecule has 1 rings (SSSR count). The van der Waals surface area contributed by atoms with Crippen molar-refractivity contribution >= 4 is 23.1 Å². The lowest BCUT2D eigenvalue weighted by molar-refractivity contribution is 0.0687. The molecule has 0 aliphatic rings. The number of carbonyl (C=O) groups excluding carboxylic acids is 1. The highest BCUT2D eigenvalue weighted by atomic mass is 32.1. The van der Waals surface area contributed by atoms with Crippen LogP contribution in [0.1, 0.15) is 32.1 Å². The van der Waals surface area contributed by atoms with Crippen LogP contribution < -0.4 is 5.73 Å². The number of aromatic nitrogens is 1. The molecule has 0 bridgehead atoms. The Morgan fingerprint density at radius 3 is 2.57 bits per heavy atom. The first-order valence-corrected chi connectivity index (χ1v) is 4.82. The zero-order chi connectivity index (χ0) is 10.7. The lowest BCUT2D eigenvalue weighted by Gasteiger charge is -1.89. The predicted molar refractivity (Wildman–Crippen MR) is 51.8 cm³/mol. The van der Waals surface area contributed by atoms with Crippen molar-refractivity contribution in [3.8, 4) is 0 Å². The summed E-state index contributed by atoms with van der Waals surface area (Å²) in [5, 5.41) is 9.35. The third-order valence-electron chi connectivity index (χ3n) is 1.55. The molecular formula is C8H10N2O3S. The van der Waals surface area contributed by atoms with Crippen molar-refractivity contribution in [1.29, 1.82) is 0 Å². The van der Waals surface area contributed by atoms with E-state index in [0.29, 0.717) is 18.0 Å². The summed E-state index contributed by atoms with van der Waals surface area (Å²) in [6.45, 7) is 1.72. The Morgan fingerprint density at radius 2 is 2.21 bits per heavy atom. The maximum Gasteiger partial charge on any atom is 0.356 e. The van der Waals surface area contributed by atoms with Gasteiger partial charge in [-0.15, -0.1) is 11.3 Å². The average molecular weight is 214 g/mol. The predicted octanol–water partition coefficient (Wildman–Crippen LogP) is 0.545. The maximum atomic E-state index is 11.1. The summed E-state index contributed by atoms with van der Waals surface area (Å²) >= 11 is 1.10. The van der Waals surface area contributed by atoms with Crippen LogP contribution >= 0.6 is 11.3 Å². The molecule has 1 heterocycles. The summed E-state index contributed by atoms with van der Waals surface area (Å²) in [5.74, 6) is -1.45. The van der Waals surface area contributed by atoms with Crippen molar-refractivity contribution in [3.05, 3.63) is 15.6 Å². The number of carbonyl (C=O) groups is 2. The number of rotatable bonds is 4. The van der Waals surface area contributed by atoms with Gasteiger partial charge >= 0.3 is 5.97 Å².